The van der Waals surface area contributed by atoms with Crippen LogP contribution < -0.4 is 11.5 Å². The predicted molar refractivity (Wildman–Crippen MR) is 79.7 cm³/mol. The first-order chi connectivity index (χ1) is 9.19. The van der Waals surface area contributed by atoms with E-state index in [9.17, 15) is 0 Å². The molecule has 0 aliphatic carbocycles. The fourth-order valence-electron chi connectivity index (χ4n) is 2.44. The van der Waals surface area contributed by atoms with E-state index in [0.29, 0.717) is 5.95 Å². The van der Waals surface area contributed by atoms with Crippen LogP contribution in [0.1, 0.15) is 37.8 Å². The summed E-state index contributed by atoms with van der Waals surface area (Å²) < 4.78 is 2.04. The lowest BCUT2D eigenvalue weighted by Gasteiger charge is -2.16. The van der Waals surface area contributed by atoms with Gasteiger partial charge in [-0.1, -0.05) is 18.4 Å². The summed E-state index contributed by atoms with van der Waals surface area (Å²) in [7, 11) is 0. The maximum Gasteiger partial charge on any atom is 0.201 e. The molecule has 0 radical (unpaired) electrons. The lowest BCUT2D eigenvalue weighted by atomic mass is 10.1. The Morgan fingerprint density at radius 1 is 1.42 bits per heavy atom. The van der Waals surface area contributed by atoms with Crippen molar-refractivity contribution in [3.05, 3.63) is 23.8 Å². The minimum Gasteiger partial charge on any atom is -0.369 e. The van der Waals surface area contributed by atoms with Crippen molar-refractivity contribution in [3.63, 3.8) is 0 Å². The molecule has 0 fully saturated rings. The van der Waals surface area contributed by atoms with Crippen LogP contribution >= 0.6 is 0 Å². The van der Waals surface area contributed by atoms with E-state index in [4.69, 9.17) is 17.9 Å². The molecule has 4 heteroatoms. The van der Waals surface area contributed by atoms with Crippen molar-refractivity contribution in [2.24, 2.45) is 5.73 Å². The fourth-order valence-corrected chi connectivity index (χ4v) is 2.44. The number of hydrogen-bond acceptors (Lipinski definition) is 3. The summed E-state index contributed by atoms with van der Waals surface area (Å²) >= 11 is 0. The first kappa shape index (κ1) is 13.4. The highest BCUT2D eigenvalue weighted by Gasteiger charge is 2.15. The van der Waals surface area contributed by atoms with Gasteiger partial charge in [0.15, 0.2) is 0 Å². The minimum absolute atomic E-state index is 0.269. The molecule has 1 heterocycles. The first-order valence-corrected chi connectivity index (χ1v) is 6.62. The molecular formula is C15H20N4. The van der Waals surface area contributed by atoms with Crippen LogP contribution in [0.25, 0.3) is 11.0 Å². The quantitative estimate of drug-likeness (QED) is 0.637. The normalized spacial score (nSPS) is 12.5. The number of nitrogens with two attached hydrogens (primary N) is 2. The molecule has 1 atom stereocenters. The molecule has 100 valence electrons. The minimum atomic E-state index is 0.269. The zero-order valence-electron chi connectivity index (χ0n) is 11.3. The van der Waals surface area contributed by atoms with E-state index in [1.54, 1.807) is 0 Å². The molecule has 0 saturated heterocycles. The highest BCUT2D eigenvalue weighted by Crippen LogP contribution is 2.27. The molecule has 1 unspecified atom stereocenters. The molecule has 0 saturated carbocycles. The van der Waals surface area contributed by atoms with Crippen molar-refractivity contribution >= 4 is 17.0 Å². The maximum absolute atomic E-state index is 6.04. The second-order valence-corrected chi connectivity index (χ2v) is 4.79. The Bertz CT molecular complexity index is 606. The zero-order valence-corrected chi connectivity index (χ0v) is 11.3. The van der Waals surface area contributed by atoms with E-state index in [0.717, 1.165) is 42.4 Å². The number of hydrogen-bond donors (Lipinski definition) is 2. The largest absolute Gasteiger partial charge is 0.369 e. The monoisotopic (exact) mass is 256 g/mol. The van der Waals surface area contributed by atoms with Gasteiger partial charge in [0.05, 0.1) is 16.6 Å². The van der Waals surface area contributed by atoms with Crippen LogP contribution in [0, 0.1) is 12.3 Å². The number of aromatic nitrogens is 2. The van der Waals surface area contributed by atoms with Gasteiger partial charge in [0, 0.05) is 6.04 Å². The molecule has 4 N–H and O–H groups in total. The standard InChI is InChI=1S/C15H20N4/c1-3-12-8-6-9-13-14(12)19(15(17)18-13)11(2)7-4-5-10-16/h1,6,8-9,11H,4-5,7,10,16H2,2H3,(H2,17,18). The smallest absolute Gasteiger partial charge is 0.201 e. The molecule has 2 aromatic rings. The van der Waals surface area contributed by atoms with Crippen molar-refractivity contribution in [3.8, 4) is 12.3 Å². The molecule has 2 rings (SSSR count). The van der Waals surface area contributed by atoms with E-state index in [2.05, 4.69) is 17.8 Å². The van der Waals surface area contributed by atoms with Gasteiger partial charge in [0.25, 0.3) is 0 Å². The van der Waals surface area contributed by atoms with Gasteiger partial charge in [-0.15, -0.1) is 6.42 Å². The van der Waals surface area contributed by atoms with Gasteiger partial charge in [-0.2, -0.15) is 0 Å². The summed E-state index contributed by atoms with van der Waals surface area (Å²) in [6, 6.07) is 6.04. The first-order valence-electron chi connectivity index (χ1n) is 6.62. The van der Waals surface area contributed by atoms with E-state index in [1.165, 1.54) is 0 Å². The highest BCUT2D eigenvalue weighted by atomic mass is 15.2. The Balaban J connectivity index is 2.42. The van der Waals surface area contributed by atoms with Gasteiger partial charge in [0.2, 0.25) is 5.95 Å². The molecule has 0 spiro atoms. The molecule has 1 aromatic heterocycles. The van der Waals surface area contributed by atoms with Gasteiger partial charge in [-0.3, -0.25) is 0 Å². The van der Waals surface area contributed by atoms with E-state index in [-0.39, 0.29) is 6.04 Å². The van der Waals surface area contributed by atoms with Crippen molar-refractivity contribution in [2.75, 3.05) is 12.3 Å². The topological polar surface area (TPSA) is 69.9 Å². The number of rotatable bonds is 5. The Morgan fingerprint density at radius 2 is 2.21 bits per heavy atom. The number of fused-ring (bicyclic) bond motifs is 1. The number of para-hydroxylation sites is 1. The summed E-state index contributed by atoms with van der Waals surface area (Å²) in [5.74, 6) is 3.24. The third-order valence-electron chi connectivity index (χ3n) is 3.41. The van der Waals surface area contributed by atoms with Gasteiger partial charge >= 0.3 is 0 Å². The lowest BCUT2D eigenvalue weighted by Crippen LogP contribution is -2.10. The number of imidazole rings is 1. The molecule has 0 aliphatic rings. The Morgan fingerprint density at radius 3 is 2.89 bits per heavy atom. The van der Waals surface area contributed by atoms with Crippen molar-refractivity contribution in [2.45, 2.75) is 32.2 Å². The van der Waals surface area contributed by atoms with Crippen LogP contribution in [-0.2, 0) is 0 Å². The molecule has 0 bridgehead atoms. The van der Waals surface area contributed by atoms with E-state index < -0.39 is 0 Å². The van der Waals surface area contributed by atoms with Crippen LogP contribution in [0.3, 0.4) is 0 Å². The van der Waals surface area contributed by atoms with E-state index in [1.807, 2.05) is 22.8 Å². The van der Waals surface area contributed by atoms with E-state index >= 15 is 0 Å². The summed E-state index contributed by atoms with van der Waals surface area (Å²) in [6.07, 6.45) is 8.69. The van der Waals surface area contributed by atoms with Crippen LogP contribution in [0.5, 0.6) is 0 Å². The predicted octanol–water partition coefficient (Wildman–Crippen LogP) is 2.29. The molecule has 1 aromatic carbocycles. The Hall–Kier alpha value is -1.99. The van der Waals surface area contributed by atoms with Gasteiger partial charge in [0.1, 0.15) is 0 Å². The van der Waals surface area contributed by atoms with Gasteiger partial charge < -0.3 is 16.0 Å². The number of benzene rings is 1. The Kier molecular flexibility index (Phi) is 4.08. The third-order valence-corrected chi connectivity index (χ3v) is 3.41. The summed E-state index contributed by atoms with van der Waals surface area (Å²) in [5.41, 5.74) is 14.2. The second kappa shape index (κ2) is 5.77. The third kappa shape index (κ3) is 2.56. The van der Waals surface area contributed by atoms with Crippen LogP contribution in [0.4, 0.5) is 5.95 Å². The summed E-state index contributed by atoms with van der Waals surface area (Å²) in [5, 5.41) is 0. The van der Waals surface area contributed by atoms with Crippen LogP contribution in [-0.4, -0.2) is 16.1 Å². The fraction of sp³-hybridized carbons (Fsp3) is 0.400. The highest BCUT2D eigenvalue weighted by molar-refractivity contribution is 5.84. The van der Waals surface area contributed by atoms with Gasteiger partial charge in [-0.25, -0.2) is 4.98 Å². The lowest BCUT2D eigenvalue weighted by molar-refractivity contribution is 0.496. The summed E-state index contributed by atoms with van der Waals surface area (Å²) in [6.45, 7) is 2.86. The number of nitrogen functional groups attached to an aromatic ring is 1. The Labute approximate surface area is 113 Å². The average molecular weight is 256 g/mol. The SMILES string of the molecule is C#Cc1cccc2nc(N)n(C(C)CCCCN)c12. The number of anilines is 1. The van der Waals surface area contributed by atoms with Crippen molar-refractivity contribution in [1.29, 1.82) is 0 Å². The maximum atomic E-state index is 6.04. The average Bonchev–Trinajstić information content (AvgIpc) is 2.74. The molecular weight excluding hydrogens is 236 g/mol. The zero-order chi connectivity index (χ0) is 13.8. The summed E-state index contributed by atoms with van der Waals surface area (Å²) in [4.78, 5) is 4.39. The molecule has 19 heavy (non-hydrogen) atoms. The van der Waals surface area contributed by atoms with Crippen molar-refractivity contribution in [1.82, 2.24) is 9.55 Å². The molecule has 4 nitrogen and oxygen atoms in total. The molecule has 0 amide bonds. The van der Waals surface area contributed by atoms with Gasteiger partial charge in [-0.05, 0) is 38.4 Å². The number of unbranched alkanes of at least 4 members (excludes halogenated alkanes) is 1. The number of nitrogens with zero attached hydrogens (tertiary/aromatic N) is 2. The van der Waals surface area contributed by atoms with Crippen LogP contribution in [0.2, 0.25) is 0 Å². The van der Waals surface area contributed by atoms with Crippen molar-refractivity contribution < 1.29 is 0 Å². The molecule has 0 aliphatic heterocycles. The second-order valence-electron chi connectivity index (χ2n) is 4.79. The number of terminal acetylenes is 1. The van der Waals surface area contributed by atoms with Crippen LogP contribution in [0.15, 0.2) is 18.2 Å².